The van der Waals surface area contributed by atoms with Gasteiger partial charge in [-0.05, 0) is 32.1 Å². The van der Waals surface area contributed by atoms with Crippen molar-refractivity contribution in [2.24, 2.45) is 0 Å². The average molecular weight is 555 g/mol. The summed E-state index contributed by atoms with van der Waals surface area (Å²) in [7, 11) is -4.54. The van der Waals surface area contributed by atoms with E-state index in [1.54, 1.807) is 0 Å². The van der Waals surface area contributed by atoms with E-state index in [-0.39, 0.29) is 13.0 Å². The standard InChI is InChI=1S/C25H46O11S/c1-2-3-4-5-6-7-8-9-10-11-12-13-14-15-21(27)34-16-19(26)17-35-25-24(30)23(29)22(28)20(36-25)18-37(31,32)33/h7-8,19-20,22-26,28-30H,2-6,9-18H2,1H3,(H,31,32,33)/b8-7-/t19?,20-,22-,23+,24-,25+/m1/s1. The summed E-state index contributed by atoms with van der Waals surface area (Å²) in [4.78, 5) is 11.9. The van der Waals surface area contributed by atoms with Crippen LogP contribution in [-0.2, 0) is 29.1 Å². The van der Waals surface area contributed by atoms with Crippen LogP contribution in [0.5, 0.6) is 0 Å². The van der Waals surface area contributed by atoms with Crippen LogP contribution in [0.4, 0.5) is 0 Å². The second kappa shape index (κ2) is 19.0. The third kappa shape index (κ3) is 15.8. The zero-order valence-electron chi connectivity index (χ0n) is 21.8. The summed E-state index contributed by atoms with van der Waals surface area (Å²) in [6, 6.07) is 0. The highest BCUT2D eigenvalue weighted by atomic mass is 32.2. The second-order valence-corrected chi connectivity index (χ2v) is 11.1. The highest BCUT2D eigenvalue weighted by Crippen LogP contribution is 2.23. The molecule has 1 aliphatic rings. The van der Waals surface area contributed by atoms with Crippen LogP contribution in [0.3, 0.4) is 0 Å². The average Bonchev–Trinajstić information content (AvgIpc) is 2.84. The fourth-order valence-corrected chi connectivity index (χ4v) is 4.59. The zero-order chi connectivity index (χ0) is 27.7. The van der Waals surface area contributed by atoms with Crippen LogP contribution in [0.1, 0.15) is 84.0 Å². The maximum atomic E-state index is 11.9. The Morgan fingerprint density at radius 3 is 2.11 bits per heavy atom. The van der Waals surface area contributed by atoms with E-state index in [1.165, 1.54) is 25.7 Å². The molecule has 0 saturated carbocycles. The van der Waals surface area contributed by atoms with E-state index in [2.05, 4.69) is 19.1 Å². The van der Waals surface area contributed by atoms with Gasteiger partial charge in [0.1, 0.15) is 42.9 Å². The minimum Gasteiger partial charge on any atom is -0.463 e. The van der Waals surface area contributed by atoms with Gasteiger partial charge in [0.2, 0.25) is 0 Å². The number of carbonyl (C=O) groups is 1. The Hall–Kier alpha value is -1.12. The van der Waals surface area contributed by atoms with Crippen LogP contribution in [0.2, 0.25) is 0 Å². The summed E-state index contributed by atoms with van der Waals surface area (Å²) in [6.45, 7) is 1.40. The third-order valence-electron chi connectivity index (χ3n) is 6.08. The Morgan fingerprint density at radius 2 is 1.49 bits per heavy atom. The van der Waals surface area contributed by atoms with E-state index in [0.717, 1.165) is 38.5 Å². The molecule has 12 heteroatoms. The maximum Gasteiger partial charge on any atom is 0.305 e. The van der Waals surface area contributed by atoms with Gasteiger partial charge in [0.25, 0.3) is 10.1 Å². The first-order chi connectivity index (χ1) is 17.5. The highest BCUT2D eigenvalue weighted by Gasteiger charge is 2.45. The molecule has 1 fully saturated rings. The lowest BCUT2D eigenvalue weighted by Gasteiger charge is -2.40. The van der Waals surface area contributed by atoms with E-state index in [1.807, 2.05) is 0 Å². The Kier molecular flexibility index (Phi) is 17.4. The number of unbranched alkanes of at least 4 members (excludes halogenated alkanes) is 9. The number of aliphatic hydroxyl groups is 4. The molecule has 6 atom stereocenters. The molecule has 0 aromatic heterocycles. The predicted octanol–water partition coefficient (Wildman–Crippen LogP) is 1.86. The Balaban J connectivity index is 2.13. The van der Waals surface area contributed by atoms with Gasteiger partial charge >= 0.3 is 5.97 Å². The van der Waals surface area contributed by atoms with Crippen molar-refractivity contribution >= 4 is 16.1 Å². The SMILES string of the molecule is CCCCCC/C=C\CCCCCCCC(=O)OCC(O)CO[C@H]1O[C@H](CS(=O)(=O)O)[C@@H](O)[C@H](O)[C@H]1O. The van der Waals surface area contributed by atoms with Gasteiger partial charge in [0.05, 0.1) is 6.61 Å². The summed E-state index contributed by atoms with van der Waals surface area (Å²) in [6.07, 6.45) is 7.32. The van der Waals surface area contributed by atoms with E-state index in [4.69, 9.17) is 18.8 Å². The van der Waals surface area contributed by atoms with Gasteiger partial charge in [-0.25, -0.2) is 0 Å². The summed E-state index contributed by atoms with van der Waals surface area (Å²) in [5.74, 6) is -1.47. The van der Waals surface area contributed by atoms with E-state index in [0.29, 0.717) is 6.42 Å². The van der Waals surface area contributed by atoms with Crippen molar-refractivity contribution < 1.29 is 52.4 Å². The van der Waals surface area contributed by atoms with Crippen molar-refractivity contribution in [1.82, 2.24) is 0 Å². The third-order valence-corrected chi connectivity index (χ3v) is 6.83. The molecular weight excluding hydrogens is 508 g/mol. The number of esters is 1. The lowest BCUT2D eigenvalue weighted by Crippen LogP contribution is -2.60. The van der Waals surface area contributed by atoms with Crippen LogP contribution in [0, 0.1) is 0 Å². The van der Waals surface area contributed by atoms with E-state index < -0.39 is 65.3 Å². The fourth-order valence-electron chi connectivity index (χ4n) is 3.90. The number of allylic oxidation sites excluding steroid dienone is 2. The molecule has 1 heterocycles. The van der Waals surface area contributed by atoms with Crippen LogP contribution in [0.25, 0.3) is 0 Å². The van der Waals surface area contributed by atoms with Crippen molar-refractivity contribution in [3.05, 3.63) is 12.2 Å². The number of ether oxygens (including phenoxy) is 3. The molecule has 1 aliphatic heterocycles. The number of hydrogen-bond donors (Lipinski definition) is 5. The molecule has 5 N–H and O–H groups in total. The van der Waals surface area contributed by atoms with Crippen molar-refractivity contribution in [3.63, 3.8) is 0 Å². The molecule has 0 spiro atoms. The predicted molar refractivity (Wildman–Crippen MR) is 136 cm³/mol. The molecule has 0 bridgehead atoms. The molecule has 37 heavy (non-hydrogen) atoms. The Labute approximate surface area is 220 Å². The summed E-state index contributed by atoms with van der Waals surface area (Å²) >= 11 is 0. The first-order valence-corrected chi connectivity index (χ1v) is 14.9. The summed E-state index contributed by atoms with van der Waals surface area (Å²) < 4.78 is 46.4. The van der Waals surface area contributed by atoms with Gasteiger partial charge in [-0.2, -0.15) is 8.42 Å². The lowest BCUT2D eigenvalue weighted by atomic mass is 10.00. The van der Waals surface area contributed by atoms with Gasteiger partial charge in [-0.1, -0.05) is 57.6 Å². The normalized spacial score (nSPS) is 25.4. The van der Waals surface area contributed by atoms with E-state index >= 15 is 0 Å². The molecule has 0 aromatic carbocycles. The summed E-state index contributed by atoms with van der Waals surface area (Å²) in [5.41, 5.74) is 0. The van der Waals surface area contributed by atoms with Crippen LogP contribution in [0.15, 0.2) is 12.2 Å². The lowest BCUT2D eigenvalue weighted by molar-refractivity contribution is -0.296. The molecule has 1 saturated heterocycles. The molecule has 0 aromatic rings. The zero-order valence-corrected chi connectivity index (χ0v) is 22.6. The molecule has 218 valence electrons. The highest BCUT2D eigenvalue weighted by molar-refractivity contribution is 7.85. The monoisotopic (exact) mass is 554 g/mol. The van der Waals surface area contributed by atoms with Crippen LogP contribution < -0.4 is 0 Å². The molecule has 0 aliphatic carbocycles. The molecule has 0 amide bonds. The Bertz CT molecular complexity index is 743. The molecular formula is C25H46O11S. The van der Waals surface area contributed by atoms with Gasteiger partial charge < -0.3 is 34.6 Å². The number of hydrogen-bond acceptors (Lipinski definition) is 10. The van der Waals surface area contributed by atoms with Crippen LogP contribution in [-0.4, -0.2) is 95.1 Å². The van der Waals surface area contributed by atoms with Gasteiger partial charge in [-0.15, -0.1) is 0 Å². The quantitative estimate of drug-likeness (QED) is 0.0641. The van der Waals surface area contributed by atoms with Crippen molar-refractivity contribution in [3.8, 4) is 0 Å². The van der Waals surface area contributed by atoms with Gasteiger partial charge in [0.15, 0.2) is 6.29 Å². The number of rotatable bonds is 20. The van der Waals surface area contributed by atoms with E-state index in [9.17, 15) is 33.6 Å². The molecule has 1 unspecified atom stereocenters. The van der Waals surface area contributed by atoms with Crippen molar-refractivity contribution in [1.29, 1.82) is 0 Å². The first-order valence-electron chi connectivity index (χ1n) is 13.3. The van der Waals surface area contributed by atoms with Crippen molar-refractivity contribution in [2.45, 2.75) is 121 Å². The fraction of sp³-hybridized carbons (Fsp3) is 0.880. The second-order valence-electron chi connectivity index (χ2n) is 9.56. The van der Waals surface area contributed by atoms with Crippen molar-refractivity contribution in [2.75, 3.05) is 19.0 Å². The smallest absolute Gasteiger partial charge is 0.305 e. The topological polar surface area (TPSA) is 180 Å². The minimum absolute atomic E-state index is 0.233. The van der Waals surface area contributed by atoms with Crippen LogP contribution >= 0.6 is 0 Å². The number of carbonyl (C=O) groups excluding carboxylic acids is 1. The summed E-state index contributed by atoms with van der Waals surface area (Å²) in [5, 5.41) is 39.6. The minimum atomic E-state index is -4.54. The number of aliphatic hydroxyl groups excluding tert-OH is 4. The molecule has 11 nitrogen and oxygen atoms in total. The molecule has 0 radical (unpaired) electrons. The van der Waals surface area contributed by atoms with Gasteiger partial charge in [0, 0.05) is 6.42 Å². The molecule has 1 rings (SSSR count). The Morgan fingerprint density at radius 1 is 0.892 bits per heavy atom. The first kappa shape index (κ1) is 33.9. The van der Waals surface area contributed by atoms with Gasteiger partial charge in [-0.3, -0.25) is 9.35 Å². The maximum absolute atomic E-state index is 11.9. The largest absolute Gasteiger partial charge is 0.463 e.